The lowest BCUT2D eigenvalue weighted by molar-refractivity contribution is 0.669. The fourth-order valence-corrected chi connectivity index (χ4v) is 7.08. The minimum Gasteiger partial charge on any atom is -0.456 e. The molecule has 5 heteroatoms. The molecule has 0 amide bonds. The first-order valence-corrected chi connectivity index (χ1v) is 14.7. The van der Waals surface area contributed by atoms with E-state index in [9.17, 15) is 0 Å². The van der Waals surface area contributed by atoms with Gasteiger partial charge in [-0.1, -0.05) is 91.0 Å². The Labute approximate surface area is 244 Å². The van der Waals surface area contributed by atoms with Crippen LogP contribution in [0.25, 0.3) is 87.0 Å². The number of hydrogen-bond donors (Lipinski definition) is 0. The lowest BCUT2D eigenvalue weighted by Crippen LogP contribution is -2.00. The van der Waals surface area contributed by atoms with Gasteiger partial charge in [-0.25, -0.2) is 15.0 Å². The monoisotopic (exact) mass is 555 g/mol. The van der Waals surface area contributed by atoms with Crippen molar-refractivity contribution in [2.75, 3.05) is 0 Å². The third-order valence-electron chi connectivity index (χ3n) is 7.94. The van der Waals surface area contributed by atoms with Crippen LogP contribution in [-0.2, 0) is 0 Å². The number of furan rings is 1. The number of benzene rings is 6. The fourth-order valence-electron chi connectivity index (χ4n) is 5.99. The normalized spacial score (nSPS) is 11.8. The molecule has 0 aliphatic rings. The van der Waals surface area contributed by atoms with Gasteiger partial charge in [-0.3, -0.25) is 0 Å². The van der Waals surface area contributed by atoms with Crippen molar-refractivity contribution in [3.63, 3.8) is 0 Å². The van der Waals surface area contributed by atoms with Gasteiger partial charge in [0, 0.05) is 47.6 Å². The summed E-state index contributed by atoms with van der Waals surface area (Å²) in [5, 5.41) is 6.76. The summed E-state index contributed by atoms with van der Waals surface area (Å²) in [5.41, 5.74) is 4.51. The molecule has 196 valence electrons. The van der Waals surface area contributed by atoms with Crippen molar-refractivity contribution in [1.82, 2.24) is 15.0 Å². The highest BCUT2D eigenvalue weighted by molar-refractivity contribution is 7.25. The summed E-state index contributed by atoms with van der Waals surface area (Å²) in [6.07, 6.45) is 0. The van der Waals surface area contributed by atoms with Crippen LogP contribution in [0.2, 0.25) is 0 Å². The number of nitrogens with zero attached hydrogens (tertiary/aromatic N) is 3. The highest BCUT2D eigenvalue weighted by atomic mass is 32.1. The first kappa shape index (κ1) is 23.3. The average molecular weight is 556 g/mol. The lowest BCUT2D eigenvalue weighted by atomic mass is 10.0. The second kappa shape index (κ2) is 9.06. The van der Waals surface area contributed by atoms with Crippen LogP contribution < -0.4 is 0 Å². The summed E-state index contributed by atoms with van der Waals surface area (Å²) >= 11 is 1.81. The zero-order chi connectivity index (χ0) is 27.6. The van der Waals surface area contributed by atoms with E-state index >= 15 is 0 Å². The number of fused-ring (bicyclic) bond motifs is 7. The number of rotatable bonds is 3. The number of para-hydroxylation sites is 1. The smallest absolute Gasteiger partial charge is 0.164 e. The quantitative estimate of drug-likeness (QED) is 0.218. The molecule has 0 bridgehead atoms. The van der Waals surface area contributed by atoms with Crippen LogP contribution >= 0.6 is 11.3 Å². The van der Waals surface area contributed by atoms with Crippen LogP contribution in [0.4, 0.5) is 0 Å². The third-order valence-corrected chi connectivity index (χ3v) is 9.10. The second-order valence-corrected chi connectivity index (χ2v) is 11.5. The van der Waals surface area contributed by atoms with Gasteiger partial charge in [-0.15, -0.1) is 11.3 Å². The molecule has 9 rings (SSSR count). The van der Waals surface area contributed by atoms with Gasteiger partial charge in [0.15, 0.2) is 17.5 Å². The molecule has 0 saturated carbocycles. The van der Waals surface area contributed by atoms with Crippen LogP contribution in [0.3, 0.4) is 0 Å². The molecule has 0 unspecified atom stereocenters. The van der Waals surface area contributed by atoms with Crippen LogP contribution in [0.1, 0.15) is 0 Å². The van der Waals surface area contributed by atoms with Gasteiger partial charge in [0.1, 0.15) is 11.2 Å². The van der Waals surface area contributed by atoms with Crippen molar-refractivity contribution in [3.8, 4) is 34.2 Å². The molecule has 42 heavy (non-hydrogen) atoms. The standard InChI is InChI=1S/C37H21N3OS/c1-2-11-24-22(9-1)10-7-14-26(24)36-38-35(23-19-20-33-29(21-23)25-12-4-6-18-32(25)42-33)39-37(40-36)28-15-8-17-31-34(28)27-13-3-5-16-30(27)41-31/h1-21H. The first-order valence-electron chi connectivity index (χ1n) is 13.9. The van der Waals surface area contributed by atoms with Gasteiger partial charge < -0.3 is 4.42 Å². The van der Waals surface area contributed by atoms with Crippen molar-refractivity contribution < 1.29 is 4.42 Å². The molecule has 3 heterocycles. The van der Waals surface area contributed by atoms with E-state index in [0.717, 1.165) is 49.4 Å². The van der Waals surface area contributed by atoms with Crippen molar-refractivity contribution in [1.29, 1.82) is 0 Å². The molecule has 0 aliphatic carbocycles. The van der Waals surface area contributed by atoms with Crippen molar-refractivity contribution in [2.45, 2.75) is 0 Å². The zero-order valence-electron chi connectivity index (χ0n) is 22.3. The number of thiophene rings is 1. The summed E-state index contributed by atoms with van der Waals surface area (Å²) in [6, 6.07) is 43.9. The summed E-state index contributed by atoms with van der Waals surface area (Å²) in [5.74, 6) is 1.91. The molecule has 0 N–H and O–H groups in total. The van der Waals surface area contributed by atoms with Crippen LogP contribution in [0.15, 0.2) is 132 Å². The topological polar surface area (TPSA) is 51.8 Å². The molecule has 0 spiro atoms. The molecule has 0 radical (unpaired) electrons. The predicted octanol–water partition coefficient (Wildman–Crippen LogP) is 10.3. The minimum atomic E-state index is 0.621. The maximum Gasteiger partial charge on any atom is 0.164 e. The van der Waals surface area contributed by atoms with E-state index < -0.39 is 0 Å². The Morgan fingerprint density at radius 3 is 2.02 bits per heavy atom. The van der Waals surface area contributed by atoms with E-state index in [4.69, 9.17) is 19.4 Å². The molecule has 0 aliphatic heterocycles. The van der Waals surface area contributed by atoms with Gasteiger partial charge in [0.05, 0.1) is 0 Å². The second-order valence-electron chi connectivity index (χ2n) is 10.4. The van der Waals surface area contributed by atoms with Crippen LogP contribution in [-0.4, -0.2) is 15.0 Å². The first-order chi connectivity index (χ1) is 20.8. The fraction of sp³-hybridized carbons (Fsp3) is 0. The summed E-state index contributed by atoms with van der Waals surface area (Å²) in [7, 11) is 0. The van der Waals surface area contributed by atoms with E-state index in [1.165, 1.54) is 20.2 Å². The molecule has 3 aromatic heterocycles. The van der Waals surface area contributed by atoms with E-state index in [1.54, 1.807) is 11.3 Å². The molecular formula is C37H21N3OS. The highest BCUT2D eigenvalue weighted by Gasteiger charge is 2.19. The van der Waals surface area contributed by atoms with Gasteiger partial charge >= 0.3 is 0 Å². The summed E-state index contributed by atoms with van der Waals surface area (Å²) in [6.45, 7) is 0. The Morgan fingerprint density at radius 1 is 0.452 bits per heavy atom. The SMILES string of the molecule is c1ccc2c(-c3nc(-c4ccc5sc6ccccc6c5c4)nc(-c4cccc5oc6ccccc6c45)n3)cccc2c1. The van der Waals surface area contributed by atoms with Gasteiger partial charge in [0.2, 0.25) is 0 Å². The van der Waals surface area contributed by atoms with Gasteiger partial charge in [-0.2, -0.15) is 0 Å². The van der Waals surface area contributed by atoms with E-state index in [-0.39, 0.29) is 0 Å². The molecule has 0 atom stereocenters. The van der Waals surface area contributed by atoms with Gasteiger partial charge in [-0.05, 0) is 47.2 Å². The minimum absolute atomic E-state index is 0.621. The molecule has 4 nitrogen and oxygen atoms in total. The molecule has 0 fully saturated rings. The average Bonchev–Trinajstić information content (AvgIpc) is 3.62. The van der Waals surface area contributed by atoms with Crippen molar-refractivity contribution in [3.05, 3.63) is 127 Å². The van der Waals surface area contributed by atoms with E-state index in [2.05, 4.69) is 97.1 Å². The molecule has 9 aromatic rings. The van der Waals surface area contributed by atoms with Gasteiger partial charge in [0.25, 0.3) is 0 Å². The molecular weight excluding hydrogens is 534 g/mol. The van der Waals surface area contributed by atoms with E-state index in [1.807, 2.05) is 30.3 Å². The Hall–Kier alpha value is -5.39. The highest BCUT2D eigenvalue weighted by Crippen LogP contribution is 2.39. The Balaban J connectivity index is 1.34. The summed E-state index contributed by atoms with van der Waals surface area (Å²) in [4.78, 5) is 15.4. The third kappa shape index (κ3) is 3.57. The van der Waals surface area contributed by atoms with E-state index in [0.29, 0.717) is 17.5 Å². The van der Waals surface area contributed by atoms with Crippen molar-refractivity contribution in [2.24, 2.45) is 0 Å². The Kier molecular flexibility index (Phi) is 5.03. The molecule has 0 saturated heterocycles. The Morgan fingerprint density at radius 2 is 1.10 bits per heavy atom. The predicted molar refractivity (Wildman–Crippen MR) is 174 cm³/mol. The largest absolute Gasteiger partial charge is 0.456 e. The van der Waals surface area contributed by atoms with Crippen LogP contribution in [0.5, 0.6) is 0 Å². The maximum absolute atomic E-state index is 6.21. The maximum atomic E-state index is 6.21. The lowest BCUT2D eigenvalue weighted by Gasteiger charge is -2.11. The van der Waals surface area contributed by atoms with Crippen molar-refractivity contribution >= 4 is 64.2 Å². The van der Waals surface area contributed by atoms with Crippen LogP contribution in [0, 0.1) is 0 Å². The zero-order valence-corrected chi connectivity index (χ0v) is 23.1. The summed E-state index contributed by atoms with van der Waals surface area (Å²) < 4.78 is 8.73. The number of hydrogen-bond acceptors (Lipinski definition) is 5. The Bertz CT molecular complexity index is 2490. The number of aromatic nitrogens is 3. The molecule has 6 aromatic carbocycles.